The maximum atomic E-state index is 12.4. The first-order valence-electron chi connectivity index (χ1n) is 10.2. The molecule has 0 saturated heterocycles. The maximum absolute atomic E-state index is 12.4. The van der Waals surface area contributed by atoms with Gasteiger partial charge < -0.3 is 14.8 Å². The molecule has 33 heavy (non-hydrogen) atoms. The number of allylic oxidation sites excluding steroid dienone is 1. The topological polar surface area (TPSA) is 139 Å². The number of Topliss-reactive ketones (excluding diaryl/α,β-unsaturated/α-hetero) is 1. The third kappa shape index (κ3) is 5.27. The molecule has 0 amide bonds. The third-order valence-electron chi connectivity index (χ3n) is 4.92. The molecule has 1 aliphatic rings. The van der Waals surface area contributed by atoms with E-state index in [1.54, 1.807) is 20.0 Å². The molecule has 2 N–H and O–H groups in total. The van der Waals surface area contributed by atoms with E-state index >= 15 is 0 Å². The first kappa shape index (κ1) is 23.3. The van der Waals surface area contributed by atoms with Crippen LogP contribution in [0.4, 0.5) is 5.69 Å². The van der Waals surface area contributed by atoms with E-state index in [9.17, 15) is 14.9 Å². The highest BCUT2D eigenvalue weighted by Crippen LogP contribution is 2.42. The molecule has 2 aromatic rings. The minimum atomic E-state index is -1.01. The molecule has 0 bridgehead atoms. The summed E-state index contributed by atoms with van der Waals surface area (Å²) < 4.78 is 11.6. The van der Waals surface area contributed by atoms with Crippen LogP contribution in [-0.2, 0) is 11.4 Å². The van der Waals surface area contributed by atoms with Gasteiger partial charge in [-0.05, 0) is 32.4 Å². The van der Waals surface area contributed by atoms with Gasteiger partial charge in [-0.25, -0.2) is 4.99 Å². The fourth-order valence-electron chi connectivity index (χ4n) is 3.53. The molecular weight excluding hydrogens is 426 g/mol. The van der Waals surface area contributed by atoms with E-state index in [1.165, 1.54) is 19.1 Å². The molecule has 2 aromatic carbocycles. The monoisotopic (exact) mass is 449 g/mol. The summed E-state index contributed by atoms with van der Waals surface area (Å²) in [5, 5.41) is 26.2. The van der Waals surface area contributed by atoms with Crippen molar-refractivity contribution in [3.8, 4) is 17.7 Å². The predicted octanol–water partition coefficient (Wildman–Crippen LogP) is 3.51. The summed E-state index contributed by atoms with van der Waals surface area (Å²) in [6.07, 6.45) is 1.76. The van der Waals surface area contributed by atoms with E-state index in [0.29, 0.717) is 12.3 Å². The average Bonchev–Trinajstić information content (AvgIpc) is 2.78. The molecule has 0 radical (unpaired) electrons. The molecule has 0 aliphatic carbocycles. The SMILES string of the molecule is CCOc1cc(C2N=C(NC#N)NC(C)=C2C(C)=O)c([N+](=O)[O-])cc1OCc1ccccc1. The molecule has 0 fully saturated rings. The summed E-state index contributed by atoms with van der Waals surface area (Å²) in [6.45, 7) is 5.27. The van der Waals surface area contributed by atoms with Crippen LogP contribution in [0.3, 0.4) is 0 Å². The van der Waals surface area contributed by atoms with Crippen molar-refractivity contribution >= 4 is 17.4 Å². The van der Waals surface area contributed by atoms with Crippen LogP contribution in [0.15, 0.2) is 58.7 Å². The fourth-order valence-corrected chi connectivity index (χ4v) is 3.53. The van der Waals surface area contributed by atoms with Gasteiger partial charge in [0.2, 0.25) is 5.96 Å². The Morgan fingerprint density at radius 2 is 1.97 bits per heavy atom. The van der Waals surface area contributed by atoms with Crippen LogP contribution in [-0.4, -0.2) is 23.3 Å². The Balaban J connectivity index is 2.12. The second kappa shape index (κ2) is 10.3. The molecule has 1 atom stereocenters. The smallest absolute Gasteiger partial charge is 0.279 e. The van der Waals surface area contributed by atoms with E-state index in [-0.39, 0.29) is 46.7 Å². The van der Waals surface area contributed by atoms with Crippen molar-refractivity contribution in [1.82, 2.24) is 10.6 Å². The van der Waals surface area contributed by atoms with Gasteiger partial charge in [0.25, 0.3) is 5.69 Å². The Kier molecular flexibility index (Phi) is 7.25. The zero-order valence-electron chi connectivity index (χ0n) is 18.4. The van der Waals surface area contributed by atoms with E-state index in [4.69, 9.17) is 14.7 Å². The van der Waals surface area contributed by atoms with Crippen LogP contribution >= 0.6 is 0 Å². The van der Waals surface area contributed by atoms with Crippen molar-refractivity contribution < 1.29 is 19.2 Å². The van der Waals surface area contributed by atoms with Gasteiger partial charge in [0.1, 0.15) is 12.6 Å². The Labute approximate surface area is 190 Å². The largest absolute Gasteiger partial charge is 0.490 e. The van der Waals surface area contributed by atoms with Crippen molar-refractivity contribution in [2.24, 2.45) is 4.99 Å². The normalized spacial score (nSPS) is 15.1. The second-order valence-corrected chi connectivity index (χ2v) is 7.16. The number of aliphatic imine (C=N–C) groups is 1. The Morgan fingerprint density at radius 3 is 2.58 bits per heavy atom. The molecule has 1 heterocycles. The van der Waals surface area contributed by atoms with Gasteiger partial charge in [-0.1, -0.05) is 30.3 Å². The van der Waals surface area contributed by atoms with Crippen molar-refractivity contribution in [2.75, 3.05) is 6.61 Å². The van der Waals surface area contributed by atoms with Gasteiger partial charge in [0.05, 0.1) is 23.2 Å². The molecule has 0 saturated carbocycles. The number of nitro benzene ring substituents is 1. The van der Waals surface area contributed by atoms with Gasteiger partial charge in [-0.2, -0.15) is 5.26 Å². The summed E-state index contributed by atoms with van der Waals surface area (Å²) >= 11 is 0. The van der Waals surface area contributed by atoms with Crippen LogP contribution in [0.2, 0.25) is 0 Å². The molecule has 1 unspecified atom stereocenters. The number of hydrogen-bond acceptors (Lipinski definition) is 9. The predicted molar refractivity (Wildman–Crippen MR) is 120 cm³/mol. The minimum absolute atomic E-state index is 0.0849. The summed E-state index contributed by atoms with van der Waals surface area (Å²) in [5.41, 5.74) is 1.46. The lowest BCUT2D eigenvalue weighted by Gasteiger charge is -2.25. The van der Waals surface area contributed by atoms with Crippen molar-refractivity contribution in [3.63, 3.8) is 0 Å². The quantitative estimate of drug-likeness (QED) is 0.270. The number of nitro groups is 1. The van der Waals surface area contributed by atoms with E-state index in [0.717, 1.165) is 5.56 Å². The van der Waals surface area contributed by atoms with E-state index < -0.39 is 11.0 Å². The number of guanidine groups is 1. The van der Waals surface area contributed by atoms with Crippen LogP contribution < -0.4 is 20.1 Å². The Hall–Kier alpha value is -4.39. The number of rotatable bonds is 8. The molecular formula is C23H23N5O5. The minimum Gasteiger partial charge on any atom is -0.490 e. The molecule has 0 aromatic heterocycles. The van der Waals surface area contributed by atoms with Crippen LogP contribution in [0.5, 0.6) is 11.5 Å². The van der Waals surface area contributed by atoms with Gasteiger partial charge in [0, 0.05) is 11.3 Å². The van der Waals surface area contributed by atoms with Crippen molar-refractivity contribution in [1.29, 1.82) is 5.26 Å². The summed E-state index contributed by atoms with van der Waals surface area (Å²) in [6, 6.07) is 11.1. The van der Waals surface area contributed by atoms with E-state index in [1.807, 2.05) is 30.3 Å². The average molecular weight is 449 g/mol. The van der Waals surface area contributed by atoms with Gasteiger partial charge in [-0.15, -0.1) is 0 Å². The molecule has 10 heteroatoms. The number of nitrogens with zero attached hydrogens (tertiary/aromatic N) is 3. The fraction of sp³-hybridized carbons (Fsp3) is 0.261. The number of hydrogen-bond donors (Lipinski definition) is 2. The number of ether oxygens (including phenoxy) is 2. The van der Waals surface area contributed by atoms with Crippen LogP contribution in [0.25, 0.3) is 0 Å². The summed E-state index contributed by atoms with van der Waals surface area (Å²) in [7, 11) is 0. The van der Waals surface area contributed by atoms with Gasteiger partial charge >= 0.3 is 0 Å². The van der Waals surface area contributed by atoms with Crippen molar-refractivity contribution in [2.45, 2.75) is 33.4 Å². The maximum Gasteiger partial charge on any atom is 0.279 e. The number of carbonyl (C=O) groups is 1. The van der Waals surface area contributed by atoms with Crippen LogP contribution in [0.1, 0.15) is 37.9 Å². The zero-order valence-corrected chi connectivity index (χ0v) is 18.4. The first-order valence-corrected chi connectivity index (χ1v) is 10.2. The number of ketones is 1. The van der Waals surface area contributed by atoms with Gasteiger partial charge in [0.15, 0.2) is 23.5 Å². The molecule has 0 spiro atoms. The molecule has 170 valence electrons. The highest BCUT2D eigenvalue weighted by atomic mass is 16.6. The Morgan fingerprint density at radius 1 is 1.27 bits per heavy atom. The number of nitrogens with one attached hydrogen (secondary N) is 2. The molecule has 1 aliphatic heterocycles. The van der Waals surface area contributed by atoms with E-state index in [2.05, 4.69) is 15.6 Å². The van der Waals surface area contributed by atoms with Crippen molar-refractivity contribution in [3.05, 3.63) is 75.0 Å². The molecule has 3 rings (SSSR count). The highest BCUT2D eigenvalue weighted by Gasteiger charge is 2.34. The van der Waals surface area contributed by atoms with Crippen LogP contribution in [0, 0.1) is 21.6 Å². The number of benzene rings is 2. The number of nitriles is 1. The standard InChI is InChI=1S/C23H23N5O5/c1-4-32-19-10-17(22-21(15(3)29)14(2)26-23(27-22)25-13-24)18(28(30)31)11-20(19)33-12-16-8-6-5-7-9-16/h5-11,22H,4,12H2,1-3H3,(H2,25,26,27). The number of carbonyl (C=O) groups excluding carboxylic acids is 1. The lowest BCUT2D eigenvalue weighted by molar-refractivity contribution is -0.385. The summed E-state index contributed by atoms with van der Waals surface area (Å²) in [4.78, 5) is 28.2. The van der Waals surface area contributed by atoms with Gasteiger partial charge in [-0.3, -0.25) is 20.2 Å². The lowest BCUT2D eigenvalue weighted by atomic mass is 9.92. The zero-order chi connectivity index (χ0) is 24.0. The lowest BCUT2D eigenvalue weighted by Crippen LogP contribution is -2.38. The molecule has 10 nitrogen and oxygen atoms in total. The summed E-state index contributed by atoms with van der Waals surface area (Å²) in [5.74, 6) is 0.274. The first-order chi connectivity index (χ1) is 15.8. The Bertz CT molecular complexity index is 1170. The highest BCUT2D eigenvalue weighted by molar-refractivity contribution is 5.99. The third-order valence-corrected chi connectivity index (χ3v) is 4.92. The second-order valence-electron chi connectivity index (χ2n) is 7.16.